The van der Waals surface area contributed by atoms with Crippen molar-refractivity contribution >= 4 is 11.5 Å². The maximum Gasteiger partial charge on any atom is 0.490 e. The van der Waals surface area contributed by atoms with Gasteiger partial charge in [0.1, 0.15) is 0 Å². The van der Waals surface area contributed by atoms with Crippen molar-refractivity contribution in [1.29, 1.82) is 0 Å². The van der Waals surface area contributed by atoms with Crippen LogP contribution in [0.1, 0.15) is 64.4 Å². The highest BCUT2D eigenvalue weighted by atomic mass is 19.4. The number of carboxylic acid groups (broad SMARTS) is 1. The molecule has 1 aromatic heterocycles. The maximum atomic E-state index is 10.6. The summed E-state index contributed by atoms with van der Waals surface area (Å²) >= 11 is 0. The highest BCUT2D eigenvalue weighted by molar-refractivity contribution is 5.73. The number of aromatic nitrogens is 1. The number of rotatable bonds is 1. The number of fused-ring (bicyclic) bond motifs is 5. The van der Waals surface area contributed by atoms with Crippen molar-refractivity contribution in [1.82, 2.24) is 4.98 Å². The molecule has 7 heteroatoms. The first-order valence-corrected chi connectivity index (χ1v) is 11.8. The highest BCUT2D eigenvalue weighted by Gasteiger charge is 2.56. The first-order valence-electron chi connectivity index (χ1n) is 11.8. The Labute approximate surface area is 192 Å². The molecule has 180 valence electrons. The molecule has 0 amide bonds. The zero-order chi connectivity index (χ0) is 24.0. The lowest BCUT2D eigenvalue weighted by molar-refractivity contribution is -0.192. The van der Waals surface area contributed by atoms with Crippen LogP contribution in [0.5, 0.6) is 0 Å². The second kappa shape index (κ2) is 8.57. The van der Waals surface area contributed by atoms with Crippen molar-refractivity contribution in [3.63, 3.8) is 0 Å². The third-order valence-corrected chi connectivity index (χ3v) is 8.87. The molecule has 1 heterocycles. The lowest BCUT2D eigenvalue weighted by Gasteiger charge is -2.57. The summed E-state index contributed by atoms with van der Waals surface area (Å²) in [5, 5.41) is 17.3. The minimum atomic E-state index is -5.08. The third-order valence-electron chi connectivity index (χ3n) is 8.87. The van der Waals surface area contributed by atoms with Crippen LogP contribution >= 0.6 is 0 Å². The van der Waals surface area contributed by atoms with Crippen molar-refractivity contribution in [3.8, 4) is 0 Å². The van der Waals surface area contributed by atoms with Crippen LogP contribution in [-0.4, -0.2) is 33.4 Å². The topological polar surface area (TPSA) is 70.4 Å². The van der Waals surface area contributed by atoms with Crippen LogP contribution in [-0.2, 0) is 4.79 Å². The van der Waals surface area contributed by atoms with Gasteiger partial charge in [0.15, 0.2) is 0 Å². The zero-order valence-electron chi connectivity index (χ0n) is 19.1. The quantitative estimate of drug-likeness (QED) is 0.499. The number of aliphatic carboxylic acids is 1. The van der Waals surface area contributed by atoms with E-state index >= 15 is 0 Å². The molecule has 1 aromatic rings. The van der Waals surface area contributed by atoms with Gasteiger partial charge in [-0.25, -0.2) is 4.79 Å². The Bertz CT molecular complexity index is 957. The summed E-state index contributed by atoms with van der Waals surface area (Å²) in [5.74, 6) is -0.400. The predicted molar refractivity (Wildman–Crippen MR) is 119 cm³/mol. The monoisotopic (exact) mass is 463 g/mol. The summed E-state index contributed by atoms with van der Waals surface area (Å²) in [7, 11) is 0. The van der Waals surface area contributed by atoms with Crippen LogP contribution < -0.4 is 0 Å². The van der Waals surface area contributed by atoms with Gasteiger partial charge in [-0.2, -0.15) is 13.2 Å². The van der Waals surface area contributed by atoms with E-state index in [4.69, 9.17) is 9.90 Å². The van der Waals surface area contributed by atoms with Crippen molar-refractivity contribution < 1.29 is 28.2 Å². The van der Waals surface area contributed by atoms with E-state index in [9.17, 15) is 18.3 Å². The average Bonchev–Trinajstić information content (AvgIpc) is 3.12. The first kappa shape index (κ1) is 24.0. The van der Waals surface area contributed by atoms with Crippen molar-refractivity contribution in [2.24, 2.45) is 28.6 Å². The number of carbonyl (C=O) groups is 1. The lowest BCUT2D eigenvalue weighted by Crippen LogP contribution is -2.49. The minimum Gasteiger partial charge on any atom is -0.475 e. The molecular weight excluding hydrogens is 431 g/mol. The number of aliphatic hydroxyl groups excluding tert-OH is 1. The molecule has 4 aliphatic rings. The second-order valence-electron chi connectivity index (χ2n) is 10.5. The van der Waals surface area contributed by atoms with Gasteiger partial charge in [0.25, 0.3) is 0 Å². The SMILES string of the molecule is C[C@]12CC[C@H](O)CC1=CC[C@@H]1[C@@H]2CC[C@]2(C)C(c3cccnc3)=CC[C@@H]12.O=C(O)C(F)(F)F. The van der Waals surface area contributed by atoms with Crippen LogP contribution in [0.4, 0.5) is 13.2 Å². The molecule has 4 nitrogen and oxygen atoms in total. The summed E-state index contributed by atoms with van der Waals surface area (Å²) in [4.78, 5) is 13.3. The molecule has 0 bridgehead atoms. The van der Waals surface area contributed by atoms with Gasteiger partial charge in [-0.05, 0) is 90.7 Å². The Morgan fingerprint density at radius 1 is 1.09 bits per heavy atom. The number of halogens is 3. The number of hydrogen-bond acceptors (Lipinski definition) is 3. The van der Waals surface area contributed by atoms with Crippen LogP contribution in [0.15, 0.2) is 42.3 Å². The Hall–Kier alpha value is -2.15. The van der Waals surface area contributed by atoms with Gasteiger partial charge in [-0.3, -0.25) is 4.98 Å². The van der Waals surface area contributed by atoms with Gasteiger partial charge in [-0.1, -0.05) is 37.6 Å². The van der Waals surface area contributed by atoms with Crippen molar-refractivity contribution in [2.75, 3.05) is 0 Å². The highest BCUT2D eigenvalue weighted by Crippen LogP contribution is 2.66. The number of nitrogens with zero attached hydrogens (tertiary/aromatic N) is 1. The van der Waals surface area contributed by atoms with Crippen LogP contribution in [0.25, 0.3) is 5.57 Å². The maximum absolute atomic E-state index is 10.6. The Balaban J connectivity index is 0.000000325. The first-order chi connectivity index (χ1) is 15.5. The number of pyridine rings is 1. The van der Waals surface area contributed by atoms with E-state index in [0.29, 0.717) is 10.8 Å². The fourth-order valence-electron chi connectivity index (χ4n) is 7.18. The van der Waals surface area contributed by atoms with Crippen LogP contribution in [0.3, 0.4) is 0 Å². The molecule has 0 unspecified atom stereocenters. The largest absolute Gasteiger partial charge is 0.490 e. The summed E-state index contributed by atoms with van der Waals surface area (Å²) in [6.07, 6.45) is 11.9. The van der Waals surface area contributed by atoms with E-state index in [2.05, 4.69) is 43.1 Å². The summed E-state index contributed by atoms with van der Waals surface area (Å²) in [6, 6.07) is 4.31. The minimum absolute atomic E-state index is 0.106. The van der Waals surface area contributed by atoms with E-state index in [1.807, 2.05) is 12.4 Å². The smallest absolute Gasteiger partial charge is 0.475 e. The fourth-order valence-corrected chi connectivity index (χ4v) is 7.18. The molecule has 5 rings (SSSR count). The molecule has 2 N–H and O–H groups in total. The Morgan fingerprint density at radius 2 is 1.79 bits per heavy atom. The van der Waals surface area contributed by atoms with Crippen molar-refractivity contribution in [2.45, 2.75) is 71.1 Å². The van der Waals surface area contributed by atoms with Gasteiger partial charge in [0.05, 0.1) is 6.10 Å². The molecule has 0 aromatic carbocycles. The number of alkyl halides is 3. The van der Waals surface area contributed by atoms with Crippen LogP contribution in [0.2, 0.25) is 0 Å². The van der Waals surface area contributed by atoms with Gasteiger partial charge in [0.2, 0.25) is 0 Å². The zero-order valence-corrected chi connectivity index (χ0v) is 19.1. The van der Waals surface area contributed by atoms with E-state index < -0.39 is 12.1 Å². The number of allylic oxidation sites excluding steroid dienone is 3. The number of carboxylic acids is 1. The standard InChI is InChI=1S/C24H31NO.C2HF3O2/c1-23-11-9-18(26)14-17(23)5-6-19-21-8-7-20(16-4-3-13-25-15-16)24(21,2)12-10-22(19)23;3-2(4,5)1(6)7/h3-5,7,13,15,18-19,21-22,26H,6,8-12,14H2,1-2H3;(H,6,7)/t18-,19-,21-,22-,23-,24+;/m0./s1. The van der Waals surface area contributed by atoms with E-state index in [1.54, 1.807) is 11.1 Å². The summed E-state index contributed by atoms with van der Waals surface area (Å²) in [5.41, 5.74) is 5.09. The summed E-state index contributed by atoms with van der Waals surface area (Å²) < 4.78 is 31.7. The molecule has 2 fully saturated rings. The second-order valence-corrected chi connectivity index (χ2v) is 10.5. The van der Waals surface area contributed by atoms with Crippen molar-refractivity contribution in [3.05, 3.63) is 47.8 Å². The van der Waals surface area contributed by atoms with E-state index in [-0.39, 0.29) is 6.10 Å². The Morgan fingerprint density at radius 3 is 2.42 bits per heavy atom. The molecule has 6 atom stereocenters. The molecule has 0 aliphatic heterocycles. The average molecular weight is 464 g/mol. The molecule has 33 heavy (non-hydrogen) atoms. The van der Waals surface area contributed by atoms with Crippen LogP contribution in [0, 0.1) is 28.6 Å². The molecular formula is C26H32F3NO3. The van der Waals surface area contributed by atoms with Gasteiger partial charge in [0, 0.05) is 12.4 Å². The summed E-state index contributed by atoms with van der Waals surface area (Å²) in [6.45, 7) is 5.03. The van der Waals surface area contributed by atoms with Gasteiger partial charge < -0.3 is 10.2 Å². The van der Waals surface area contributed by atoms with E-state index in [1.165, 1.54) is 37.7 Å². The predicted octanol–water partition coefficient (Wildman–Crippen LogP) is 6.03. The Kier molecular flexibility index (Phi) is 6.23. The molecule has 2 saturated carbocycles. The molecule has 4 aliphatic carbocycles. The number of aliphatic hydroxyl groups is 1. The lowest BCUT2D eigenvalue weighted by atomic mass is 9.47. The number of hydrogen-bond donors (Lipinski definition) is 2. The van der Waals surface area contributed by atoms with Gasteiger partial charge in [-0.15, -0.1) is 0 Å². The molecule has 0 saturated heterocycles. The van der Waals surface area contributed by atoms with Gasteiger partial charge >= 0.3 is 12.1 Å². The molecule has 0 radical (unpaired) electrons. The van der Waals surface area contributed by atoms with E-state index in [0.717, 1.165) is 30.6 Å². The fraction of sp³-hybridized carbons (Fsp3) is 0.615. The normalized spacial score (nSPS) is 37.4. The third kappa shape index (κ3) is 4.25. The molecule has 0 spiro atoms.